The topological polar surface area (TPSA) is 20.2 Å². The summed E-state index contributed by atoms with van der Waals surface area (Å²) in [5.41, 5.74) is 0. The van der Waals surface area contributed by atoms with E-state index in [1.165, 1.54) is 18.0 Å². The molecule has 1 nitrogen and oxygen atoms in total. The second-order valence-corrected chi connectivity index (χ2v) is 7.78. The normalized spacial score (nSPS) is 20.5. The van der Waals surface area contributed by atoms with Crippen molar-refractivity contribution in [3.63, 3.8) is 0 Å². The van der Waals surface area contributed by atoms with Crippen LogP contribution >= 0.6 is 0 Å². The average molecular weight is 218 g/mol. The molecule has 1 aliphatic carbocycles. The molecule has 1 aromatic rings. The highest BCUT2D eigenvalue weighted by Gasteiger charge is 2.32. The van der Waals surface area contributed by atoms with Crippen molar-refractivity contribution in [1.82, 2.24) is 0 Å². The van der Waals surface area contributed by atoms with Crippen molar-refractivity contribution in [3.05, 3.63) is 41.6 Å². The van der Waals surface area contributed by atoms with E-state index in [9.17, 15) is 4.80 Å². The van der Waals surface area contributed by atoms with E-state index >= 15 is 0 Å². The van der Waals surface area contributed by atoms with Crippen molar-refractivity contribution < 1.29 is 4.80 Å². The van der Waals surface area contributed by atoms with Gasteiger partial charge in [0.25, 0.3) is 0 Å². The van der Waals surface area contributed by atoms with Gasteiger partial charge < -0.3 is 4.80 Å². The molecule has 1 aliphatic rings. The Kier molecular flexibility index (Phi) is 3.07. The van der Waals surface area contributed by atoms with Crippen LogP contribution < -0.4 is 5.19 Å². The van der Waals surface area contributed by atoms with Crippen molar-refractivity contribution in [1.29, 1.82) is 0 Å². The van der Waals surface area contributed by atoms with Crippen molar-refractivity contribution in [3.8, 4) is 0 Å². The molecule has 0 saturated heterocycles. The van der Waals surface area contributed by atoms with Gasteiger partial charge in [0.1, 0.15) is 0 Å². The predicted molar refractivity (Wildman–Crippen MR) is 66.5 cm³/mol. The zero-order valence-electron chi connectivity index (χ0n) is 9.24. The molecule has 0 bridgehead atoms. The Morgan fingerprint density at radius 3 is 2.47 bits per heavy atom. The first-order valence-corrected chi connectivity index (χ1v) is 8.13. The predicted octanol–water partition coefficient (Wildman–Crippen LogP) is 2.50. The molecule has 1 N–H and O–H groups in total. The first-order chi connectivity index (χ1) is 7.21. The van der Waals surface area contributed by atoms with Crippen molar-refractivity contribution >= 4 is 13.5 Å². The lowest BCUT2D eigenvalue weighted by atomic mass is 10.1. The van der Waals surface area contributed by atoms with Crippen molar-refractivity contribution in [2.75, 3.05) is 0 Å². The van der Waals surface area contributed by atoms with Crippen LogP contribution in [-0.2, 0) is 0 Å². The smallest absolute Gasteiger partial charge is 0.244 e. The third kappa shape index (κ3) is 2.21. The molecule has 2 rings (SSSR count). The zero-order chi connectivity index (χ0) is 10.7. The highest BCUT2D eigenvalue weighted by atomic mass is 28.4. The molecule has 2 heteroatoms. The fraction of sp³-hybridized carbons (Fsp3) is 0.385. The fourth-order valence-electron chi connectivity index (χ4n) is 2.23. The van der Waals surface area contributed by atoms with Crippen LogP contribution in [0.5, 0.6) is 0 Å². The Bertz CT molecular complexity index is 354. The van der Waals surface area contributed by atoms with Gasteiger partial charge in [-0.05, 0) is 37.4 Å². The van der Waals surface area contributed by atoms with Crippen LogP contribution in [0.2, 0.25) is 6.55 Å². The summed E-state index contributed by atoms with van der Waals surface area (Å²) in [4.78, 5) is 10.7. The summed E-state index contributed by atoms with van der Waals surface area (Å²) in [6, 6.07) is 10.1. The quantitative estimate of drug-likeness (QED) is 0.756. The molecule has 1 unspecified atom stereocenters. The van der Waals surface area contributed by atoms with E-state index in [4.69, 9.17) is 0 Å². The SMILES string of the molecule is C[Si](O)(C1=CCCCC1)c1ccccc1. The van der Waals surface area contributed by atoms with E-state index in [1.54, 1.807) is 0 Å². The Morgan fingerprint density at radius 2 is 1.87 bits per heavy atom. The summed E-state index contributed by atoms with van der Waals surface area (Å²) in [7, 11) is -2.32. The molecule has 0 aromatic heterocycles. The summed E-state index contributed by atoms with van der Waals surface area (Å²) >= 11 is 0. The molecule has 15 heavy (non-hydrogen) atoms. The minimum atomic E-state index is -2.32. The van der Waals surface area contributed by atoms with Crippen LogP contribution in [0.1, 0.15) is 25.7 Å². The molecule has 0 spiro atoms. The van der Waals surface area contributed by atoms with Gasteiger partial charge in [-0.15, -0.1) is 0 Å². The van der Waals surface area contributed by atoms with Gasteiger partial charge in [0, 0.05) is 0 Å². The van der Waals surface area contributed by atoms with E-state index in [2.05, 4.69) is 18.2 Å². The summed E-state index contributed by atoms with van der Waals surface area (Å²) in [5.74, 6) is 0. The third-order valence-electron chi connectivity index (χ3n) is 3.25. The van der Waals surface area contributed by atoms with Crippen molar-refractivity contribution in [2.24, 2.45) is 0 Å². The number of hydrogen-bond donors (Lipinski definition) is 1. The molecule has 0 aliphatic heterocycles. The standard InChI is InChI=1S/C13H18OSi/c1-15(14,12-8-4-2-5-9-12)13-10-6-3-7-11-13/h2,4-5,8-10,14H,3,6-7,11H2,1H3. The monoisotopic (exact) mass is 218 g/mol. The van der Waals surface area contributed by atoms with Crippen molar-refractivity contribution in [2.45, 2.75) is 32.2 Å². The molecular weight excluding hydrogens is 200 g/mol. The Labute approximate surface area is 92.6 Å². The van der Waals surface area contributed by atoms with Gasteiger partial charge in [-0.1, -0.05) is 41.6 Å². The summed E-state index contributed by atoms with van der Waals surface area (Å²) in [6.45, 7) is 2.04. The fourth-order valence-corrected chi connectivity index (χ4v) is 4.65. The van der Waals surface area contributed by atoms with Crippen LogP contribution in [0.4, 0.5) is 0 Å². The zero-order valence-corrected chi connectivity index (χ0v) is 10.2. The van der Waals surface area contributed by atoms with Crippen LogP contribution in [0.15, 0.2) is 41.6 Å². The number of hydrogen-bond acceptors (Lipinski definition) is 1. The van der Waals surface area contributed by atoms with E-state index in [0.29, 0.717) is 0 Å². The number of benzene rings is 1. The lowest BCUT2D eigenvalue weighted by molar-refractivity contribution is 0.559. The van der Waals surface area contributed by atoms with Gasteiger partial charge in [0.15, 0.2) is 0 Å². The lowest BCUT2D eigenvalue weighted by Crippen LogP contribution is -2.47. The highest BCUT2D eigenvalue weighted by molar-refractivity contribution is 6.90. The maximum atomic E-state index is 10.7. The van der Waals surface area contributed by atoms with E-state index < -0.39 is 8.32 Å². The maximum absolute atomic E-state index is 10.7. The lowest BCUT2D eigenvalue weighted by Gasteiger charge is -2.26. The number of rotatable bonds is 2. The molecule has 80 valence electrons. The van der Waals surface area contributed by atoms with Gasteiger partial charge in [0.2, 0.25) is 8.32 Å². The van der Waals surface area contributed by atoms with Gasteiger partial charge in [-0.2, -0.15) is 0 Å². The Balaban J connectivity index is 2.30. The Hall–Kier alpha value is -0.863. The minimum Gasteiger partial charge on any atom is -0.424 e. The van der Waals surface area contributed by atoms with Gasteiger partial charge in [-0.25, -0.2) is 0 Å². The van der Waals surface area contributed by atoms with Gasteiger partial charge in [0.05, 0.1) is 0 Å². The van der Waals surface area contributed by atoms with E-state index in [1.807, 2.05) is 24.7 Å². The Morgan fingerprint density at radius 1 is 1.13 bits per heavy atom. The van der Waals surface area contributed by atoms with Crippen LogP contribution in [-0.4, -0.2) is 13.1 Å². The maximum Gasteiger partial charge on any atom is 0.244 e. The average Bonchev–Trinajstić information content (AvgIpc) is 2.31. The molecule has 1 atom stereocenters. The summed E-state index contributed by atoms with van der Waals surface area (Å²) in [6.07, 6.45) is 7.02. The molecule has 0 radical (unpaired) electrons. The highest BCUT2D eigenvalue weighted by Crippen LogP contribution is 2.24. The van der Waals surface area contributed by atoms with Gasteiger partial charge >= 0.3 is 0 Å². The molecule has 0 heterocycles. The van der Waals surface area contributed by atoms with Crippen LogP contribution in [0, 0.1) is 0 Å². The van der Waals surface area contributed by atoms with Gasteiger partial charge in [-0.3, -0.25) is 0 Å². The molecule has 1 aromatic carbocycles. The summed E-state index contributed by atoms with van der Waals surface area (Å²) < 4.78 is 0. The number of allylic oxidation sites excluding steroid dienone is 2. The van der Waals surface area contributed by atoms with E-state index in [-0.39, 0.29) is 0 Å². The molecular formula is C13H18OSi. The minimum absolute atomic E-state index is 1.09. The molecule has 0 amide bonds. The summed E-state index contributed by atoms with van der Waals surface area (Å²) in [5, 5.41) is 2.46. The largest absolute Gasteiger partial charge is 0.424 e. The van der Waals surface area contributed by atoms with Crippen LogP contribution in [0.25, 0.3) is 0 Å². The second-order valence-electron chi connectivity index (χ2n) is 4.41. The molecule has 0 saturated carbocycles. The second kappa shape index (κ2) is 4.33. The van der Waals surface area contributed by atoms with E-state index in [0.717, 1.165) is 18.0 Å². The third-order valence-corrected chi connectivity index (χ3v) is 6.41. The first-order valence-electron chi connectivity index (χ1n) is 5.68. The first kappa shape index (κ1) is 10.6. The molecule has 0 fully saturated rings. The van der Waals surface area contributed by atoms with Crippen LogP contribution in [0.3, 0.4) is 0 Å².